The van der Waals surface area contributed by atoms with Gasteiger partial charge in [-0.15, -0.1) is 0 Å². The maximum atomic E-state index is 12.0. The number of nitrogens with zero attached hydrogens (tertiary/aromatic N) is 3. The molecule has 0 atom stereocenters. The highest BCUT2D eigenvalue weighted by molar-refractivity contribution is 5.92. The fraction of sp³-hybridized carbons (Fsp3) is 0.190. The monoisotopic (exact) mass is 346 g/mol. The van der Waals surface area contributed by atoms with Crippen LogP contribution in [0.4, 0.5) is 0 Å². The van der Waals surface area contributed by atoms with Gasteiger partial charge in [-0.25, -0.2) is 4.68 Å². The first-order valence-corrected chi connectivity index (χ1v) is 8.79. The number of para-hydroxylation sites is 1. The molecule has 0 spiro atoms. The van der Waals surface area contributed by atoms with Gasteiger partial charge < -0.3 is 5.32 Å². The third-order valence-corrected chi connectivity index (χ3v) is 3.94. The summed E-state index contributed by atoms with van der Waals surface area (Å²) in [4.78, 5) is 16.2. The van der Waals surface area contributed by atoms with Gasteiger partial charge in [-0.2, -0.15) is 5.10 Å². The lowest BCUT2D eigenvalue weighted by molar-refractivity contribution is -0.116. The lowest BCUT2D eigenvalue weighted by Crippen LogP contribution is -2.21. The van der Waals surface area contributed by atoms with Gasteiger partial charge in [-0.05, 0) is 36.8 Å². The van der Waals surface area contributed by atoms with Crippen LogP contribution in [0.5, 0.6) is 0 Å². The maximum absolute atomic E-state index is 12.0. The quantitative estimate of drug-likeness (QED) is 0.522. The molecular formula is C21H22N4O. The Morgan fingerprint density at radius 2 is 2.04 bits per heavy atom. The second-order valence-corrected chi connectivity index (χ2v) is 5.93. The number of pyridine rings is 1. The number of rotatable bonds is 7. The second-order valence-electron chi connectivity index (χ2n) is 5.93. The van der Waals surface area contributed by atoms with Crippen molar-refractivity contribution in [2.24, 2.45) is 0 Å². The van der Waals surface area contributed by atoms with Gasteiger partial charge in [0.2, 0.25) is 5.91 Å². The average molecular weight is 346 g/mol. The number of hydrogen-bond acceptors (Lipinski definition) is 3. The van der Waals surface area contributed by atoms with Gasteiger partial charge in [0, 0.05) is 42.3 Å². The Morgan fingerprint density at radius 3 is 2.77 bits per heavy atom. The topological polar surface area (TPSA) is 59.8 Å². The number of aromatic nitrogens is 3. The van der Waals surface area contributed by atoms with E-state index in [2.05, 4.69) is 17.2 Å². The third-order valence-electron chi connectivity index (χ3n) is 3.94. The first-order valence-electron chi connectivity index (χ1n) is 8.79. The summed E-state index contributed by atoms with van der Waals surface area (Å²) in [5.41, 5.74) is 3.53. The minimum Gasteiger partial charge on any atom is -0.353 e. The summed E-state index contributed by atoms with van der Waals surface area (Å²) in [5, 5.41) is 7.58. The maximum Gasteiger partial charge on any atom is 0.244 e. The van der Waals surface area contributed by atoms with Gasteiger partial charge in [0.15, 0.2) is 0 Å². The Bertz CT molecular complexity index is 870. The van der Waals surface area contributed by atoms with Crippen LogP contribution in [0.2, 0.25) is 0 Å². The minimum atomic E-state index is -0.0944. The van der Waals surface area contributed by atoms with E-state index < -0.39 is 0 Å². The molecule has 0 fully saturated rings. The van der Waals surface area contributed by atoms with Crippen LogP contribution >= 0.6 is 0 Å². The van der Waals surface area contributed by atoms with Crippen LogP contribution in [-0.4, -0.2) is 27.2 Å². The normalized spacial score (nSPS) is 11.0. The summed E-state index contributed by atoms with van der Waals surface area (Å²) >= 11 is 0. The molecule has 5 heteroatoms. The zero-order chi connectivity index (χ0) is 18.2. The first-order chi connectivity index (χ1) is 12.8. The minimum absolute atomic E-state index is 0.0944. The van der Waals surface area contributed by atoms with Crippen LogP contribution in [0.1, 0.15) is 25.3 Å². The van der Waals surface area contributed by atoms with E-state index in [1.165, 1.54) is 0 Å². The molecular weight excluding hydrogens is 324 g/mol. The van der Waals surface area contributed by atoms with Gasteiger partial charge in [0.1, 0.15) is 5.69 Å². The Hall–Kier alpha value is -3.21. The largest absolute Gasteiger partial charge is 0.353 e. The lowest BCUT2D eigenvalue weighted by Gasteiger charge is -2.00. The van der Waals surface area contributed by atoms with Crippen LogP contribution in [0.15, 0.2) is 67.1 Å². The van der Waals surface area contributed by atoms with Gasteiger partial charge in [0.25, 0.3) is 0 Å². The summed E-state index contributed by atoms with van der Waals surface area (Å²) in [6.45, 7) is 2.79. The number of carbonyl (C=O) groups excluding carboxylic acids is 1. The molecule has 2 heterocycles. The summed E-state index contributed by atoms with van der Waals surface area (Å²) < 4.78 is 1.82. The molecule has 1 amide bonds. The molecule has 0 aliphatic rings. The predicted molar refractivity (Wildman–Crippen MR) is 104 cm³/mol. The van der Waals surface area contributed by atoms with Crippen molar-refractivity contribution < 1.29 is 4.79 Å². The van der Waals surface area contributed by atoms with E-state index in [4.69, 9.17) is 5.10 Å². The van der Waals surface area contributed by atoms with Crippen LogP contribution in [-0.2, 0) is 4.79 Å². The molecule has 0 radical (unpaired) electrons. The van der Waals surface area contributed by atoms with Gasteiger partial charge >= 0.3 is 0 Å². The van der Waals surface area contributed by atoms with Crippen LogP contribution in [0.25, 0.3) is 23.0 Å². The first kappa shape index (κ1) is 17.6. The zero-order valence-corrected chi connectivity index (χ0v) is 14.8. The van der Waals surface area contributed by atoms with Gasteiger partial charge in [-0.1, -0.05) is 31.5 Å². The van der Waals surface area contributed by atoms with Crippen molar-refractivity contribution >= 4 is 12.0 Å². The molecule has 5 nitrogen and oxygen atoms in total. The molecule has 0 bridgehead atoms. The van der Waals surface area contributed by atoms with E-state index >= 15 is 0 Å². The van der Waals surface area contributed by atoms with Crippen molar-refractivity contribution in [3.63, 3.8) is 0 Å². The Labute approximate surface area is 153 Å². The molecule has 3 aromatic rings. The average Bonchev–Trinajstić information content (AvgIpc) is 3.12. The molecule has 0 saturated carbocycles. The summed E-state index contributed by atoms with van der Waals surface area (Å²) in [7, 11) is 0. The van der Waals surface area contributed by atoms with Crippen molar-refractivity contribution in [2.75, 3.05) is 6.54 Å². The molecule has 3 rings (SSSR count). The number of unbranched alkanes of at least 4 members (excludes halogenated alkanes) is 1. The van der Waals surface area contributed by atoms with Crippen molar-refractivity contribution in [3.8, 4) is 16.9 Å². The highest BCUT2D eigenvalue weighted by atomic mass is 16.1. The van der Waals surface area contributed by atoms with E-state index in [1.807, 2.05) is 53.3 Å². The molecule has 26 heavy (non-hydrogen) atoms. The number of amides is 1. The molecule has 0 aliphatic heterocycles. The fourth-order valence-corrected chi connectivity index (χ4v) is 2.56. The second kappa shape index (κ2) is 8.76. The number of benzene rings is 1. The zero-order valence-electron chi connectivity index (χ0n) is 14.8. The van der Waals surface area contributed by atoms with Crippen molar-refractivity contribution in [1.82, 2.24) is 20.1 Å². The van der Waals surface area contributed by atoms with Crippen LogP contribution in [0, 0.1) is 0 Å². The Balaban J connectivity index is 1.90. The highest BCUT2D eigenvalue weighted by Crippen LogP contribution is 2.24. The molecule has 0 saturated heterocycles. The summed E-state index contributed by atoms with van der Waals surface area (Å²) in [5.74, 6) is -0.0944. The predicted octanol–water partition coefficient (Wildman–Crippen LogP) is 3.86. The number of hydrogen-bond donors (Lipinski definition) is 1. The summed E-state index contributed by atoms with van der Waals surface area (Å²) in [6.07, 6.45) is 10.8. The standard InChI is InChI=1S/C21H22N4O/c1-2-3-14-23-20(26)12-11-18-16-25(19-9-5-4-6-10-19)24-21(18)17-8-7-13-22-15-17/h4-13,15-16H,2-3,14H2,1H3,(H,23,26)/b12-11+. The molecule has 0 aliphatic carbocycles. The molecule has 1 N–H and O–H groups in total. The smallest absolute Gasteiger partial charge is 0.244 e. The van der Waals surface area contributed by atoms with E-state index in [0.29, 0.717) is 6.54 Å². The number of carbonyl (C=O) groups is 1. The van der Waals surface area contributed by atoms with Crippen molar-refractivity contribution in [1.29, 1.82) is 0 Å². The number of nitrogens with one attached hydrogen (secondary N) is 1. The van der Waals surface area contributed by atoms with Gasteiger partial charge in [-0.3, -0.25) is 9.78 Å². The van der Waals surface area contributed by atoms with E-state index in [9.17, 15) is 4.79 Å². The Morgan fingerprint density at radius 1 is 1.19 bits per heavy atom. The fourth-order valence-electron chi connectivity index (χ4n) is 2.56. The lowest BCUT2D eigenvalue weighted by atomic mass is 10.1. The highest BCUT2D eigenvalue weighted by Gasteiger charge is 2.11. The van der Waals surface area contributed by atoms with E-state index in [0.717, 1.165) is 35.3 Å². The van der Waals surface area contributed by atoms with Crippen LogP contribution in [0.3, 0.4) is 0 Å². The SMILES string of the molecule is CCCCNC(=O)/C=C/c1cn(-c2ccccc2)nc1-c1cccnc1. The van der Waals surface area contributed by atoms with Crippen molar-refractivity contribution in [3.05, 3.63) is 72.7 Å². The Kier molecular flexibility index (Phi) is 5.93. The molecule has 132 valence electrons. The van der Waals surface area contributed by atoms with Crippen LogP contribution < -0.4 is 5.32 Å². The molecule has 0 unspecified atom stereocenters. The van der Waals surface area contributed by atoms with Gasteiger partial charge in [0.05, 0.1) is 5.69 Å². The molecule has 1 aromatic carbocycles. The molecule has 2 aromatic heterocycles. The summed E-state index contributed by atoms with van der Waals surface area (Å²) in [6, 6.07) is 13.7. The third kappa shape index (κ3) is 4.45. The van der Waals surface area contributed by atoms with E-state index in [1.54, 1.807) is 24.5 Å². The van der Waals surface area contributed by atoms with E-state index in [-0.39, 0.29) is 5.91 Å². The van der Waals surface area contributed by atoms with Crippen molar-refractivity contribution in [2.45, 2.75) is 19.8 Å².